The highest BCUT2D eigenvalue weighted by Gasteiger charge is 2.30. The molecule has 1 unspecified atom stereocenters. The number of rotatable bonds is 9. The lowest BCUT2D eigenvalue weighted by molar-refractivity contribution is -0.120. The fourth-order valence-corrected chi connectivity index (χ4v) is 6.19. The van der Waals surface area contributed by atoms with Gasteiger partial charge >= 0.3 is 5.69 Å². The second-order valence-electron chi connectivity index (χ2n) is 9.63. The normalized spacial score (nSPS) is 15.5. The standard InChI is InChI=1S/C27H32N4O3S/c1-4-8-20(15-25(32)28-35(34)21-13-14-21)31-23-11-6-5-10-22(23)30(27(31)33)17-19-16-29(3)24-12-7-9-18(2)26(19)24/h5-7,9-12,16,20-21H,4,8,13-15,17H2,1-3H3,(H,28,32)/t20-,35?/m0/s1. The van der Waals surface area contributed by atoms with Crippen LogP contribution < -0.4 is 10.4 Å². The van der Waals surface area contributed by atoms with Gasteiger partial charge in [-0.3, -0.25) is 18.7 Å². The number of hydrogen-bond donors (Lipinski definition) is 1. The smallest absolute Gasteiger partial charge is 0.329 e. The number of nitrogens with zero attached hydrogens (tertiary/aromatic N) is 3. The van der Waals surface area contributed by atoms with Crippen LogP contribution in [0.3, 0.4) is 0 Å². The molecule has 2 atom stereocenters. The van der Waals surface area contributed by atoms with Crippen LogP contribution >= 0.6 is 0 Å². The van der Waals surface area contributed by atoms with Crippen molar-refractivity contribution < 1.29 is 9.00 Å². The molecule has 4 aromatic rings. The third-order valence-electron chi connectivity index (χ3n) is 6.95. The topological polar surface area (TPSA) is 78.0 Å². The maximum atomic E-state index is 13.9. The molecule has 0 saturated heterocycles. The van der Waals surface area contributed by atoms with Gasteiger partial charge in [-0.05, 0) is 55.5 Å². The molecule has 1 fully saturated rings. The molecule has 1 aliphatic rings. The van der Waals surface area contributed by atoms with E-state index in [9.17, 15) is 13.8 Å². The number of fused-ring (bicyclic) bond motifs is 2. The summed E-state index contributed by atoms with van der Waals surface area (Å²) in [6.07, 6.45) is 5.54. The van der Waals surface area contributed by atoms with Gasteiger partial charge in [0, 0.05) is 36.6 Å². The van der Waals surface area contributed by atoms with Crippen LogP contribution in [0.4, 0.5) is 0 Å². The number of nitrogens with one attached hydrogen (secondary N) is 1. The molecule has 0 aliphatic heterocycles. The average molecular weight is 493 g/mol. The fourth-order valence-electron chi connectivity index (χ4n) is 5.15. The summed E-state index contributed by atoms with van der Waals surface area (Å²) in [4.78, 5) is 26.6. The van der Waals surface area contributed by atoms with Crippen LogP contribution in [0.2, 0.25) is 0 Å². The molecule has 1 saturated carbocycles. The van der Waals surface area contributed by atoms with Crippen LogP contribution in [-0.4, -0.2) is 29.1 Å². The Kier molecular flexibility index (Phi) is 6.40. The minimum Gasteiger partial charge on any atom is -0.350 e. The minimum atomic E-state index is -1.33. The van der Waals surface area contributed by atoms with Crippen molar-refractivity contribution in [3.05, 3.63) is 70.3 Å². The lowest BCUT2D eigenvalue weighted by Crippen LogP contribution is -2.33. The van der Waals surface area contributed by atoms with E-state index >= 15 is 0 Å². The number of aryl methyl sites for hydroxylation is 2. The van der Waals surface area contributed by atoms with E-state index < -0.39 is 11.0 Å². The Morgan fingerprint density at radius 3 is 2.54 bits per heavy atom. The Labute approximate surface area is 207 Å². The van der Waals surface area contributed by atoms with Crippen molar-refractivity contribution in [3.8, 4) is 0 Å². The molecule has 1 amide bonds. The van der Waals surface area contributed by atoms with Gasteiger partial charge in [0.2, 0.25) is 5.91 Å². The quantitative estimate of drug-likeness (QED) is 0.378. The lowest BCUT2D eigenvalue weighted by atomic mass is 10.1. The number of carbonyl (C=O) groups is 1. The first-order valence-corrected chi connectivity index (χ1v) is 13.5. The highest BCUT2D eigenvalue weighted by atomic mass is 32.2. The van der Waals surface area contributed by atoms with Crippen molar-refractivity contribution in [2.45, 2.75) is 63.8 Å². The molecule has 0 radical (unpaired) electrons. The summed E-state index contributed by atoms with van der Waals surface area (Å²) in [5.41, 5.74) is 4.97. The van der Waals surface area contributed by atoms with E-state index in [1.54, 1.807) is 4.57 Å². The number of amides is 1. The highest BCUT2D eigenvalue weighted by Crippen LogP contribution is 2.28. The number of hydrogen-bond acceptors (Lipinski definition) is 3. The Balaban J connectivity index is 1.55. The van der Waals surface area contributed by atoms with Crippen molar-refractivity contribution >= 4 is 38.8 Å². The van der Waals surface area contributed by atoms with Gasteiger partial charge in [0.15, 0.2) is 0 Å². The lowest BCUT2D eigenvalue weighted by Gasteiger charge is -2.18. The first kappa shape index (κ1) is 23.6. The second kappa shape index (κ2) is 9.49. The van der Waals surface area contributed by atoms with Crippen LogP contribution in [0.15, 0.2) is 53.5 Å². The summed E-state index contributed by atoms with van der Waals surface area (Å²) >= 11 is 0. The third-order valence-corrected chi connectivity index (χ3v) is 8.45. The van der Waals surface area contributed by atoms with Gasteiger partial charge in [-0.15, -0.1) is 0 Å². The molecule has 2 heterocycles. The van der Waals surface area contributed by atoms with Gasteiger partial charge < -0.3 is 4.57 Å². The maximum absolute atomic E-state index is 13.9. The van der Waals surface area contributed by atoms with Gasteiger partial charge in [0.25, 0.3) is 0 Å². The molecule has 35 heavy (non-hydrogen) atoms. The van der Waals surface area contributed by atoms with Crippen molar-refractivity contribution in [3.63, 3.8) is 0 Å². The molecule has 0 bridgehead atoms. The fraction of sp³-hybridized carbons (Fsp3) is 0.407. The van der Waals surface area contributed by atoms with E-state index in [0.717, 1.165) is 41.4 Å². The summed E-state index contributed by atoms with van der Waals surface area (Å²) in [5.74, 6) is -0.262. The molecule has 184 valence electrons. The molecular formula is C27H32N4O3S. The van der Waals surface area contributed by atoms with E-state index in [1.807, 2.05) is 35.9 Å². The van der Waals surface area contributed by atoms with Crippen LogP contribution in [0, 0.1) is 6.92 Å². The monoisotopic (exact) mass is 492 g/mol. The van der Waals surface area contributed by atoms with Gasteiger partial charge in [-0.2, -0.15) is 0 Å². The molecule has 8 heteroatoms. The number of carbonyl (C=O) groups excluding carboxylic acids is 1. The molecule has 2 aromatic carbocycles. The van der Waals surface area contributed by atoms with E-state index in [0.29, 0.717) is 13.0 Å². The third kappa shape index (κ3) is 4.47. The second-order valence-corrected chi connectivity index (χ2v) is 11.1. The number of imidazole rings is 1. The zero-order valence-electron chi connectivity index (χ0n) is 20.5. The van der Waals surface area contributed by atoms with Gasteiger partial charge in [-0.1, -0.05) is 37.6 Å². The zero-order chi connectivity index (χ0) is 24.7. The van der Waals surface area contributed by atoms with Gasteiger partial charge in [0.1, 0.15) is 11.0 Å². The predicted octanol–water partition coefficient (Wildman–Crippen LogP) is 4.33. The molecular weight excluding hydrogens is 460 g/mol. The molecule has 0 spiro atoms. The summed E-state index contributed by atoms with van der Waals surface area (Å²) in [6, 6.07) is 13.7. The van der Waals surface area contributed by atoms with Crippen molar-refractivity contribution in [2.75, 3.05) is 0 Å². The Morgan fingerprint density at radius 2 is 1.83 bits per heavy atom. The zero-order valence-corrected chi connectivity index (χ0v) is 21.3. The van der Waals surface area contributed by atoms with E-state index in [-0.39, 0.29) is 29.3 Å². The number of aromatic nitrogens is 3. The van der Waals surface area contributed by atoms with E-state index in [4.69, 9.17) is 0 Å². The van der Waals surface area contributed by atoms with Crippen LogP contribution in [-0.2, 0) is 29.4 Å². The minimum absolute atomic E-state index is 0.0809. The average Bonchev–Trinajstić information content (AvgIpc) is 3.58. The van der Waals surface area contributed by atoms with Crippen molar-refractivity contribution in [1.29, 1.82) is 0 Å². The first-order valence-electron chi connectivity index (χ1n) is 12.3. The van der Waals surface area contributed by atoms with Gasteiger partial charge in [-0.25, -0.2) is 9.00 Å². The first-order chi connectivity index (χ1) is 16.9. The van der Waals surface area contributed by atoms with Crippen molar-refractivity contribution in [2.24, 2.45) is 7.05 Å². The molecule has 7 nitrogen and oxygen atoms in total. The highest BCUT2D eigenvalue weighted by molar-refractivity contribution is 7.84. The molecule has 2 aromatic heterocycles. The summed E-state index contributed by atoms with van der Waals surface area (Å²) < 4.78 is 20.6. The van der Waals surface area contributed by atoms with Crippen LogP contribution in [0.1, 0.15) is 56.2 Å². The predicted molar refractivity (Wildman–Crippen MR) is 141 cm³/mol. The largest absolute Gasteiger partial charge is 0.350 e. The SMILES string of the molecule is CCC[C@@H](CC(=O)NS(=O)C1CC1)n1c(=O)n(Cc2cn(C)c3cccc(C)c23)c2ccccc21. The molecule has 1 N–H and O–H groups in total. The summed E-state index contributed by atoms with van der Waals surface area (Å²) in [5, 5.41) is 1.25. The number of benzene rings is 2. The Morgan fingerprint density at radius 1 is 1.11 bits per heavy atom. The number of para-hydroxylation sites is 2. The summed E-state index contributed by atoms with van der Waals surface area (Å²) in [7, 11) is 0.697. The molecule has 1 aliphatic carbocycles. The van der Waals surface area contributed by atoms with Crippen LogP contribution in [0.25, 0.3) is 21.9 Å². The van der Waals surface area contributed by atoms with Crippen molar-refractivity contribution in [1.82, 2.24) is 18.4 Å². The van der Waals surface area contributed by atoms with E-state index in [1.165, 1.54) is 10.9 Å². The van der Waals surface area contributed by atoms with E-state index in [2.05, 4.69) is 47.5 Å². The summed E-state index contributed by atoms with van der Waals surface area (Å²) in [6.45, 7) is 4.60. The Hall–Kier alpha value is -3.13. The molecule has 5 rings (SSSR count). The maximum Gasteiger partial charge on any atom is 0.329 e. The van der Waals surface area contributed by atoms with Crippen LogP contribution in [0.5, 0.6) is 0 Å². The van der Waals surface area contributed by atoms with Gasteiger partial charge in [0.05, 0.1) is 22.8 Å². The Bertz CT molecular complexity index is 1490.